The molecule has 0 radical (unpaired) electrons. The van der Waals surface area contributed by atoms with Gasteiger partial charge in [0.25, 0.3) is 0 Å². The zero-order valence-electron chi connectivity index (χ0n) is 29.9. The van der Waals surface area contributed by atoms with Gasteiger partial charge in [-0.05, 0) is 121 Å². The molecule has 9 heteroatoms. The van der Waals surface area contributed by atoms with E-state index in [1.165, 1.54) is 6.07 Å². The average Bonchev–Trinajstić information content (AvgIpc) is 3.68. The highest BCUT2D eigenvalue weighted by Crippen LogP contribution is 2.44. The number of hydrogen-bond acceptors (Lipinski definition) is 1. The van der Waals surface area contributed by atoms with Crippen molar-refractivity contribution in [3.05, 3.63) is 167 Å². The Labute approximate surface area is 316 Å². The third kappa shape index (κ3) is 5.68. The predicted molar refractivity (Wildman–Crippen MR) is 210 cm³/mol. The van der Waals surface area contributed by atoms with E-state index in [1.807, 2.05) is 60.0 Å². The van der Waals surface area contributed by atoms with Crippen LogP contribution in [0.15, 0.2) is 140 Å². The molecule has 0 aliphatic heterocycles. The fraction of sp³-hybridized carbons (Fsp3) is 0.0851. The number of halogens is 6. The van der Waals surface area contributed by atoms with E-state index >= 15 is 0 Å². The smallest absolute Gasteiger partial charge is 0.309 e. The van der Waals surface area contributed by atoms with Crippen molar-refractivity contribution in [2.45, 2.75) is 26.2 Å². The van der Waals surface area contributed by atoms with Crippen LogP contribution in [0.4, 0.5) is 26.3 Å². The van der Waals surface area contributed by atoms with Gasteiger partial charge in [0.2, 0.25) is 0 Å². The summed E-state index contributed by atoms with van der Waals surface area (Å²) in [6.45, 7) is 3.64. The lowest BCUT2D eigenvalue weighted by Crippen LogP contribution is -2.06. The zero-order chi connectivity index (χ0) is 39.1. The van der Waals surface area contributed by atoms with E-state index in [4.69, 9.17) is 0 Å². The van der Waals surface area contributed by atoms with E-state index < -0.39 is 23.5 Å². The lowest BCUT2D eigenvalue weighted by Gasteiger charge is -2.20. The number of nitrogens with zero attached hydrogens (tertiary/aromatic N) is 3. The molecule has 0 unspecified atom stereocenters. The molecule has 56 heavy (non-hydrogen) atoms. The second-order valence-corrected chi connectivity index (χ2v) is 14.1. The van der Waals surface area contributed by atoms with E-state index in [0.29, 0.717) is 60.9 Å². The first-order valence-electron chi connectivity index (χ1n) is 17.8. The maximum atomic E-state index is 14.3. The summed E-state index contributed by atoms with van der Waals surface area (Å²) in [5.41, 5.74) is 6.30. The summed E-state index contributed by atoms with van der Waals surface area (Å²) in [4.78, 5) is 0. The molecular weight excluding hydrogens is 721 g/mol. The molecule has 7 aromatic carbocycles. The van der Waals surface area contributed by atoms with E-state index in [2.05, 4.69) is 22.8 Å². The lowest BCUT2D eigenvalue weighted by molar-refractivity contribution is -0.138. The monoisotopic (exact) mass is 749 g/mol. The van der Waals surface area contributed by atoms with Gasteiger partial charge in [-0.3, -0.25) is 0 Å². The number of fused-ring (bicyclic) bond motifs is 6. The first-order chi connectivity index (χ1) is 26.8. The molecule has 2 aromatic heterocycles. The summed E-state index contributed by atoms with van der Waals surface area (Å²) < 4.78 is 88.9. The summed E-state index contributed by atoms with van der Waals surface area (Å²) in [7, 11) is 0. The Kier molecular flexibility index (Phi) is 7.89. The Morgan fingerprint density at radius 3 is 1.79 bits per heavy atom. The topological polar surface area (TPSA) is 33.6 Å². The maximum Gasteiger partial charge on any atom is 0.416 e. The van der Waals surface area contributed by atoms with Crippen LogP contribution >= 0.6 is 0 Å². The second kappa shape index (κ2) is 12.6. The van der Waals surface area contributed by atoms with Crippen LogP contribution in [-0.2, 0) is 12.4 Å². The molecule has 0 spiro atoms. The van der Waals surface area contributed by atoms with Crippen molar-refractivity contribution in [1.82, 2.24) is 9.13 Å². The van der Waals surface area contributed by atoms with Crippen LogP contribution in [0.3, 0.4) is 0 Å². The van der Waals surface area contributed by atoms with E-state index in [0.717, 1.165) is 57.3 Å². The normalized spacial score (nSPS) is 12.3. The van der Waals surface area contributed by atoms with Crippen molar-refractivity contribution in [3.8, 4) is 39.7 Å². The van der Waals surface area contributed by atoms with Gasteiger partial charge in [-0.25, -0.2) is 0 Å². The van der Waals surface area contributed by atoms with E-state index in [1.54, 1.807) is 55.5 Å². The number of alkyl halides is 6. The van der Waals surface area contributed by atoms with Crippen molar-refractivity contribution in [3.63, 3.8) is 0 Å². The molecule has 9 rings (SSSR count). The fourth-order valence-corrected chi connectivity index (χ4v) is 8.04. The van der Waals surface area contributed by atoms with Crippen molar-refractivity contribution < 1.29 is 26.3 Å². The molecule has 0 saturated carbocycles. The van der Waals surface area contributed by atoms with Crippen LogP contribution in [0, 0.1) is 25.2 Å². The Balaban J connectivity index is 1.40. The Hall–Kier alpha value is -6.79. The molecule has 0 N–H and O–H groups in total. The van der Waals surface area contributed by atoms with Gasteiger partial charge < -0.3 is 9.13 Å². The first kappa shape index (κ1) is 34.9. The van der Waals surface area contributed by atoms with Crippen LogP contribution in [0.2, 0.25) is 0 Å². The number of hydrogen-bond donors (Lipinski definition) is 0. The molecule has 0 bridgehead atoms. The van der Waals surface area contributed by atoms with Crippen LogP contribution in [-0.4, -0.2) is 9.13 Å². The minimum Gasteiger partial charge on any atom is -0.309 e. The van der Waals surface area contributed by atoms with Gasteiger partial charge >= 0.3 is 12.4 Å². The van der Waals surface area contributed by atoms with Crippen molar-refractivity contribution in [2.75, 3.05) is 0 Å². The summed E-state index contributed by atoms with van der Waals surface area (Å²) >= 11 is 0. The van der Waals surface area contributed by atoms with Crippen LogP contribution in [0.25, 0.3) is 77.2 Å². The van der Waals surface area contributed by atoms with Gasteiger partial charge in [0.15, 0.2) is 0 Å². The molecule has 0 atom stereocenters. The van der Waals surface area contributed by atoms with E-state index in [9.17, 15) is 31.6 Å². The molecule has 2 heterocycles. The van der Waals surface area contributed by atoms with E-state index in [-0.39, 0.29) is 0 Å². The third-order valence-corrected chi connectivity index (χ3v) is 10.5. The SMILES string of the molecule is Cc1cc(-c2ccc(-n3c4ccccc4c4cc(C)ccc43)cc2-c2cc(C#N)ccc2-n2c3ccccc3c3cc(C(F)(F)F)ccc32)cc(C(F)(F)F)c1. The number of para-hydroxylation sites is 2. The molecule has 274 valence electrons. The Bertz CT molecular complexity index is 3100. The average molecular weight is 750 g/mol. The zero-order valence-corrected chi connectivity index (χ0v) is 29.9. The van der Waals surface area contributed by atoms with Crippen LogP contribution in [0.5, 0.6) is 0 Å². The molecular formula is C47H29F6N3. The Morgan fingerprint density at radius 1 is 0.464 bits per heavy atom. The van der Waals surface area contributed by atoms with Gasteiger partial charge in [0, 0.05) is 32.8 Å². The predicted octanol–water partition coefficient (Wildman–Crippen LogP) is 13.7. The highest BCUT2D eigenvalue weighted by Gasteiger charge is 2.33. The minimum atomic E-state index is -4.61. The number of aryl methyl sites for hydroxylation is 2. The molecule has 0 saturated heterocycles. The summed E-state index contributed by atoms with van der Waals surface area (Å²) in [6, 6.07) is 41.8. The molecule has 0 aliphatic carbocycles. The third-order valence-electron chi connectivity index (χ3n) is 10.5. The Morgan fingerprint density at radius 2 is 1.09 bits per heavy atom. The quantitative estimate of drug-likeness (QED) is 0.165. The lowest BCUT2D eigenvalue weighted by atomic mass is 9.90. The maximum absolute atomic E-state index is 14.3. The minimum absolute atomic E-state index is 0.299. The van der Waals surface area contributed by atoms with Crippen molar-refractivity contribution >= 4 is 43.6 Å². The number of rotatable bonds is 4. The van der Waals surface area contributed by atoms with Gasteiger partial charge in [-0.2, -0.15) is 31.6 Å². The van der Waals surface area contributed by atoms with Gasteiger partial charge in [-0.1, -0.05) is 60.2 Å². The molecule has 0 fully saturated rings. The fourth-order valence-electron chi connectivity index (χ4n) is 8.04. The number of aromatic nitrogens is 2. The van der Waals surface area contributed by atoms with Gasteiger partial charge in [-0.15, -0.1) is 0 Å². The molecule has 9 aromatic rings. The molecule has 3 nitrogen and oxygen atoms in total. The van der Waals surface area contributed by atoms with Crippen LogP contribution < -0.4 is 0 Å². The second-order valence-electron chi connectivity index (χ2n) is 14.1. The highest BCUT2D eigenvalue weighted by molar-refractivity contribution is 6.11. The first-order valence-corrected chi connectivity index (χ1v) is 17.8. The molecule has 0 aliphatic rings. The van der Waals surface area contributed by atoms with Gasteiger partial charge in [0.1, 0.15) is 0 Å². The van der Waals surface area contributed by atoms with Crippen LogP contribution in [0.1, 0.15) is 27.8 Å². The largest absolute Gasteiger partial charge is 0.416 e. The number of nitriles is 1. The van der Waals surface area contributed by atoms with Crippen molar-refractivity contribution in [1.29, 1.82) is 5.26 Å². The summed E-state index contributed by atoms with van der Waals surface area (Å²) in [6.07, 6.45) is -9.17. The van der Waals surface area contributed by atoms with Crippen molar-refractivity contribution in [2.24, 2.45) is 0 Å². The highest BCUT2D eigenvalue weighted by atomic mass is 19.4. The van der Waals surface area contributed by atoms with Gasteiger partial charge in [0.05, 0.1) is 50.5 Å². The molecule has 0 amide bonds. The summed E-state index contributed by atoms with van der Waals surface area (Å²) in [5.74, 6) is 0. The summed E-state index contributed by atoms with van der Waals surface area (Å²) in [5, 5.41) is 13.2. The standard InChI is InChI=1S/C47H29F6N3/c1-27-11-16-43-38(21-27)35-7-3-5-9-41(35)55(43)33-14-15-34(30-19-28(2)20-32(23-30)47(51,52)53)37(25-33)39-22-29(26-54)12-17-44(39)56-42-10-6-4-8-36(42)40-24-31(46(48,49)50)13-18-45(40)56/h3-25H,1-2H3. The number of benzene rings is 7.